The number of pyridine rings is 3. The first-order valence-electron chi connectivity index (χ1n) is 17.1. The Morgan fingerprint density at radius 1 is 0.604 bits per heavy atom. The molecule has 8 heteroatoms. The molecule has 0 spiro atoms. The summed E-state index contributed by atoms with van der Waals surface area (Å²) in [5.74, 6) is 1.95. The zero-order chi connectivity index (χ0) is 35.2. The van der Waals surface area contributed by atoms with Crippen LogP contribution < -0.4 is 4.74 Å². The van der Waals surface area contributed by atoms with Gasteiger partial charge >= 0.3 is 21.1 Å². The maximum absolute atomic E-state index is 6.55. The van der Waals surface area contributed by atoms with Crippen LogP contribution in [0.3, 0.4) is 0 Å². The number of aryl methyl sites for hydroxylation is 3. The minimum Gasteiger partial charge on any atom is -0.509 e. The molecule has 9 aromatic rings. The van der Waals surface area contributed by atoms with E-state index in [0.717, 1.165) is 83.6 Å². The van der Waals surface area contributed by atoms with Gasteiger partial charge in [0.25, 0.3) is 0 Å². The molecule has 0 N–H and O–H groups in total. The van der Waals surface area contributed by atoms with Crippen LogP contribution in [-0.2, 0) is 21.1 Å². The number of hydrogen-bond acceptors (Lipinski definition) is 5. The van der Waals surface area contributed by atoms with Gasteiger partial charge < -0.3 is 9.30 Å². The van der Waals surface area contributed by atoms with Crippen LogP contribution in [0.15, 0.2) is 140 Å². The van der Waals surface area contributed by atoms with Gasteiger partial charge in [0.1, 0.15) is 11.5 Å². The van der Waals surface area contributed by atoms with Crippen LogP contribution in [0.2, 0.25) is 0 Å². The van der Waals surface area contributed by atoms with Crippen LogP contribution >= 0.6 is 0 Å². The second kappa shape index (κ2) is 14.1. The summed E-state index contributed by atoms with van der Waals surface area (Å²) in [7, 11) is 0. The van der Waals surface area contributed by atoms with Gasteiger partial charge in [0.2, 0.25) is 0 Å². The molecular weight excluding hydrogens is 836 g/mol. The number of ether oxygens (including phenoxy) is 1. The quantitative estimate of drug-likeness (QED) is 0.149. The van der Waals surface area contributed by atoms with Gasteiger partial charge in [-0.25, -0.2) is 4.98 Å². The van der Waals surface area contributed by atoms with E-state index in [1.807, 2.05) is 83.9 Å². The van der Waals surface area contributed by atoms with Crippen LogP contribution in [0, 0.1) is 32.9 Å². The summed E-state index contributed by atoms with van der Waals surface area (Å²) in [6, 6.07) is 43.9. The standard InChI is InChI=1S/C45H32N6O.Pt/c1-29-16-25-48-41(26-29)50-39-13-5-4-12-37(39)38-15-14-36(28-40(38)50)52-35-11-7-10-34(27-35)51-45(33-19-23-47-24-20-33)43(42-30(2)8-6-9-31(42)3)44(49-51)32-17-21-46-22-18-32;/h4-26H,1-3H3;/q-2;+2. The van der Waals surface area contributed by atoms with Crippen molar-refractivity contribution in [3.8, 4) is 56.6 Å². The molecule has 0 atom stereocenters. The first-order valence-corrected chi connectivity index (χ1v) is 17.1. The number of benzene rings is 4. The molecule has 0 unspecified atom stereocenters. The summed E-state index contributed by atoms with van der Waals surface area (Å²) in [6.07, 6.45) is 9.07. The van der Waals surface area contributed by atoms with E-state index in [9.17, 15) is 0 Å². The molecule has 0 saturated heterocycles. The fraction of sp³-hybridized carbons (Fsp3) is 0.0667. The van der Waals surface area contributed by atoms with Crippen LogP contribution in [0.4, 0.5) is 0 Å². The summed E-state index contributed by atoms with van der Waals surface area (Å²) in [6.45, 7) is 6.37. The molecule has 0 fully saturated rings. The van der Waals surface area contributed by atoms with Crippen molar-refractivity contribution >= 4 is 21.8 Å². The Hall–Kier alpha value is -6.17. The molecule has 0 radical (unpaired) electrons. The molecule has 9 rings (SSSR count). The average Bonchev–Trinajstić information content (AvgIpc) is 3.72. The van der Waals surface area contributed by atoms with Gasteiger partial charge in [0, 0.05) is 64.7 Å². The fourth-order valence-electron chi connectivity index (χ4n) is 7.08. The van der Waals surface area contributed by atoms with Crippen molar-refractivity contribution in [3.05, 3.63) is 169 Å². The molecule has 7 nitrogen and oxygen atoms in total. The zero-order valence-corrected chi connectivity index (χ0v) is 31.5. The van der Waals surface area contributed by atoms with Gasteiger partial charge in [0.15, 0.2) is 0 Å². The Labute approximate surface area is 321 Å². The molecule has 5 heterocycles. The maximum Gasteiger partial charge on any atom is 2.00 e. The van der Waals surface area contributed by atoms with Crippen molar-refractivity contribution in [1.29, 1.82) is 0 Å². The summed E-state index contributed by atoms with van der Waals surface area (Å²) in [5, 5.41) is 7.52. The Morgan fingerprint density at radius 3 is 2.06 bits per heavy atom. The van der Waals surface area contributed by atoms with E-state index in [1.54, 1.807) is 12.4 Å². The van der Waals surface area contributed by atoms with Crippen molar-refractivity contribution in [2.24, 2.45) is 0 Å². The molecule has 4 aromatic carbocycles. The monoisotopic (exact) mass is 867 g/mol. The van der Waals surface area contributed by atoms with E-state index >= 15 is 0 Å². The largest absolute Gasteiger partial charge is 2.00 e. The molecule has 0 amide bonds. The van der Waals surface area contributed by atoms with Gasteiger partial charge in [-0.2, -0.15) is 17.2 Å². The molecule has 0 aliphatic carbocycles. The number of nitrogens with zero attached hydrogens (tertiary/aromatic N) is 6. The van der Waals surface area contributed by atoms with E-state index in [1.165, 1.54) is 0 Å². The number of para-hydroxylation sites is 1. The minimum absolute atomic E-state index is 0. The maximum atomic E-state index is 6.55. The average molecular weight is 868 g/mol. The molecule has 0 aliphatic heterocycles. The number of rotatable bonds is 7. The van der Waals surface area contributed by atoms with Gasteiger partial charge in [-0.15, -0.1) is 35.7 Å². The van der Waals surface area contributed by atoms with Crippen molar-refractivity contribution in [2.45, 2.75) is 20.8 Å². The minimum atomic E-state index is 0. The summed E-state index contributed by atoms with van der Waals surface area (Å²) < 4.78 is 10.7. The molecule has 5 aromatic heterocycles. The molecular formula is C45H32N6OPt. The molecule has 0 aliphatic rings. The Kier molecular flexibility index (Phi) is 9.03. The van der Waals surface area contributed by atoms with Crippen LogP contribution in [-0.4, -0.2) is 29.3 Å². The van der Waals surface area contributed by atoms with Crippen LogP contribution in [0.25, 0.3) is 67.0 Å². The normalized spacial score (nSPS) is 11.2. The van der Waals surface area contributed by atoms with E-state index in [-0.39, 0.29) is 21.1 Å². The van der Waals surface area contributed by atoms with E-state index in [0.29, 0.717) is 11.5 Å². The third-order valence-electron chi connectivity index (χ3n) is 9.41. The molecule has 53 heavy (non-hydrogen) atoms. The van der Waals surface area contributed by atoms with Crippen molar-refractivity contribution < 1.29 is 25.8 Å². The van der Waals surface area contributed by atoms with Crippen LogP contribution in [0.5, 0.6) is 11.5 Å². The number of hydrogen-bond donors (Lipinski definition) is 0. The number of aromatic nitrogens is 6. The second-order valence-electron chi connectivity index (χ2n) is 12.9. The molecule has 258 valence electrons. The van der Waals surface area contributed by atoms with Gasteiger partial charge in [-0.3, -0.25) is 14.6 Å². The van der Waals surface area contributed by atoms with Crippen molar-refractivity contribution in [2.75, 3.05) is 0 Å². The smallest absolute Gasteiger partial charge is 0.509 e. The third kappa shape index (κ3) is 6.13. The van der Waals surface area contributed by atoms with Crippen molar-refractivity contribution in [1.82, 2.24) is 29.3 Å². The molecule has 0 saturated carbocycles. The van der Waals surface area contributed by atoms with Crippen LogP contribution in [0.1, 0.15) is 16.7 Å². The Bertz CT molecular complexity index is 2740. The molecule has 0 bridgehead atoms. The third-order valence-corrected chi connectivity index (χ3v) is 9.41. The first kappa shape index (κ1) is 33.9. The number of fused-ring (bicyclic) bond motifs is 3. The SMILES string of the molecule is Cc1ccnc(-n2c3[c-]c(Oc4[c-]c(-n5nc(-c6ccncc6)c(-c6c(C)cccc6C)c5-c5ccncc5)ccc4)ccc3c3ccccc32)c1.[Pt+2]. The fourth-order valence-corrected chi connectivity index (χ4v) is 7.08. The van der Waals surface area contributed by atoms with E-state index < -0.39 is 0 Å². The second-order valence-corrected chi connectivity index (χ2v) is 12.9. The predicted octanol–water partition coefficient (Wildman–Crippen LogP) is 10.5. The zero-order valence-electron chi connectivity index (χ0n) is 29.2. The van der Waals surface area contributed by atoms with Gasteiger partial charge in [0.05, 0.1) is 5.69 Å². The summed E-state index contributed by atoms with van der Waals surface area (Å²) in [5.41, 5.74) is 12.0. The Balaban J connectivity index is 0.00000400. The summed E-state index contributed by atoms with van der Waals surface area (Å²) >= 11 is 0. The predicted molar refractivity (Wildman–Crippen MR) is 206 cm³/mol. The van der Waals surface area contributed by atoms with Gasteiger partial charge in [-0.05, 0) is 96.6 Å². The first-order chi connectivity index (χ1) is 25.5. The van der Waals surface area contributed by atoms with E-state index in [4.69, 9.17) is 14.8 Å². The summed E-state index contributed by atoms with van der Waals surface area (Å²) in [4.78, 5) is 13.3. The Morgan fingerprint density at radius 2 is 1.30 bits per heavy atom. The topological polar surface area (TPSA) is 70.7 Å². The van der Waals surface area contributed by atoms with Crippen molar-refractivity contribution in [3.63, 3.8) is 0 Å². The van der Waals surface area contributed by atoms with E-state index in [2.05, 4.69) is 96.0 Å². The van der Waals surface area contributed by atoms with Gasteiger partial charge in [-0.1, -0.05) is 41.9 Å².